The molecule has 0 spiro atoms. The Morgan fingerprint density at radius 2 is 2.16 bits per heavy atom. The number of aromatic nitrogens is 1. The summed E-state index contributed by atoms with van der Waals surface area (Å²) in [6.45, 7) is 4.89. The fourth-order valence-corrected chi connectivity index (χ4v) is 1.87. The monoisotopic (exact) mass is 258 g/mol. The van der Waals surface area contributed by atoms with Gasteiger partial charge in [-0.25, -0.2) is 4.98 Å². The number of oxazole rings is 1. The predicted octanol–water partition coefficient (Wildman–Crippen LogP) is 2.96. The van der Waals surface area contributed by atoms with Crippen molar-refractivity contribution in [2.45, 2.75) is 13.8 Å². The molecular weight excluding hydrogens is 240 g/mol. The molecule has 0 bridgehead atoms. The van der Waals surface area contributed by atoms with Gasteiger partial charge in [0.05, 0.1) is 0 Å². The summed E-state index contributed by atoms with van der Waals surface area (Å²) in [5, 5.41) is 0. The summed E-state index contributed by atoms with van der Waals surface area (Å²) >= 11 is 0. The number of carbonyl (C=O) groups excluding carboxylic acids is 1. The molecule has 1 amide bonds. The lowest BCUT2D eigenvalue weighted by Crippen LogP contribution is -2.28. The van der Waals surface area contributed by atoms with Crippen LogP contribution in [0.15, 0.2) is 34.8 Å². The fourth-order valence-electron chi connectivity index (χ4n) is 1.87. The van der Waals surface area contributed by atoms with Crippen LogP contribution >= 0.6 is 0 Å². The number of benzene rings is 1. The van der Waals surface area contributed by atoms with Crippen LogP contribution in [0.25, 0.3) is 17.2 Å². The first kappa shape index (κ1) is 13.3. The minimum absolute atomic E-state index is 0.0454. The number of fused-ring (bicyclic) bond motifs is 1. The van der Waals surface area contributed by atoms with Gasteiger partial charge in [0.25, 0.3) is 0 Å². The minimum Gasteiger partial charge on any atom is -0.437 e. The standard InChI is InChI=1S/C15H18N2O2/c1-11(2)10-17(3)15(18)9-8-14-16-12-6-4-5-7-13(12)19-14/h4-9,11H,10H2,1-3H3/b9-8+. The number of hydrogen-bond donors (Lipinski definition) is 0. The largest absolute Gasteiger partial charge is 0.437 e. The molecule has 1 heterocycles. The van der Waals surface area contributed by atoms with E-state index in [0.717, 1.165) is 17.6 Å². The smallest absolute Gasteiger partial charge is 0.246 e. The van der Waals surface area contributed by atoms with Crippen LogP contribution in [0.5, 0.6) is 0 Å². The van der Waals surface area contributed by atoms with Crippen molar-refractivity contribution >= 4 is 23.1 Å². The molecule has 0 saturated carbocycles. The van der Waals surface area contributed by atoms with Crippen molar-refractivity contribution in [3.8, 4) is 0 Å². The molecule has 1 aromatic heterocycles. The van der Waals surface area contributed by atoms with E-state index in [0.29, 0.717) is 11.8 Å². The Labute approximate surface area is 112 Å². The van der Waals surface area contributed by atoms with E-state index in [2.05, 4.69) is 18.8 Å². The maximum atomic E-state index is 11.8. The fraction of sp³-hybridized carbons (Fsp3) is 0.333. The third kappa shape index (κ3) is 3.44. The Morgan fingerprint density at radius 1 is 1.42 bits per heavy atom. The van der Waals surface area contributed by atoms with Crippen molar-refractivity contribution in [1.29, 1.82) is 0 Å². The molecule has 0 radical (unpaired) electrons. The third-order valence-corrected chi connectivity index (χ3v) is 2.69. The molecule has 100 valence electrons. The van der Waals surface area contributed by atoms with E-state index in [4.69, 9.17) is 4.42 Å². The van der Waals surface area contributed by atoms with E-state index in [1.807, 2.05) is 24.3 Å². The Morgan fingerprint density at radius 3 is 2.84 bits per heavy atom. The van der Waals surface area contributed by atoms with Gasteiger partial charge in [0.1, 0.15) is 5.52 Å². The summed E-state index contributed by atoms with van der Waals surface area (Å²) in [7, 11) is 1.79. The lowest BCUT2D eigenvalue weighted by molar-refractivity contribution is -0.125. The van der Waals surface area contributed by atoms with Gasteiger partial charge in [-0.3, -0.25) is 4.79 Å². The number of carbonyl (C=O) groups is 1. The van der Waals surface area contributed by atoms with Crippen molar-refractivity contribution in [2.75, 3.05) is 13.6 Å². The van der Waals surface area contributed by atoms with Gasteiger partial charge in [0.2, 0.25) is 11.8 Å². The van der Waals surface area contributed by atoms with Crippen LogP contribution in [-0.4, -0.2) is 29.4 Å². The number of hydrogen-bond acceptors (Lipinski definition) is 3. The molecule has 0 saturated heterocycles. The second-order valence-corrected chi connectivity index (χ2v) is 4.97. The second kappa shape index (κ2) is 5.69. The van der Waals surface area contributed by atoms with E-state index in [1.165, 1.54) is 6.08 Å². The van der Waals surface area contributed by atoms with Crippen molar-refractivity contribution in [2.24, 2.45) is 5.92 Å². The highest BCUT2D eigenvalue weighted by molar-refractivity contribution is 5.91. The zero-order chi connectivity index (χ0) is 13.8. The van der Waals surface area contributed by atoms with Crippen molar-refractivity contribution in [1.82, 2.24) is 9.88 Å². The van der Waals surface area contributed by atoms with Gasteiger partial charge in [-0.15, -0.1) is 0 Å². The quantitative estimate of drug-likeness (QED) is 0.792. The maximum Gasteiger partial charge on any atom is 0.246 e. The summed E-state index contributed by atoms with van der Waals surface area (Å²) < 4.78 is 5.51. The highest BCUT2D eigenvalue weighted by atomic mass is 16.3. The average molecular weight is 258 g/mol. The van der Waals surface area contributed by atoms with Crippen LogP contribution in [0.3, 0.4) is 0 Å². The molecule has 1 aromatic carbocycles. The number of likely N-dealkylation sites (N-methyl/N-ethyl adjacent to an activating group) is 1. The Balaban J connectivity index is 2.07. The summed E-state index contributed by atoms with van der Waals surface area (Å²) in [5.41, 5.74) is 1.52. The normalized spacial score (nSPS) is 11.6. The maximum absolute atomic E-state index is 11.8. The minimum atomic E-state index is -0.0454. The van der Waals surface area contributed by atoms with Gasteiger partial charge in [-0.05, 0) is 18.1 Å². The van der Waals surface area contributed by atoms with E-state index in [9.17, 15) is 4.79 Å². The van der Waals surface area contributed by atoms with Crippen LogP contribution in [-0.2, 0) is 4.79 Å². The highest BCUT2D eigenvalue weighted by Gasteiger charge is 2.07. The van der Waals surface area contributed by atoms with E-state index in [1.54, 1.807) is 18.0 Å². The molecule has 4 heteroatoms. The van der Waals surface area contributed by atoms with Crippen molar-refractivity contribution in [3.63, 3.8) is 0 Å². The number of rotatable bonds is 4. The van der Waals surface area contributed by atoms with Gasteiger partial charge in [0.15, 0.2) is 5.58 Å². The highest BCUT2D eigenvalue weighted by Crippen LogP contribution is 2.15. The molecule has 0 aliphatic rings. The van der Waals surface area contributed by atoms with Crippen molar-refractivity contribution < 1.29 is 9.21 Å². The SMILES string of the molecule is CC(C)CN(C)C(=O)/C=C/c1nc2ccccc2o1. The molecule has 0 fully saturated rings. The molecule has 2 rings (SSSR count). The van der Waals surface area contributed by atoms with Crippen LogP contribution in [0.2, 0.25) is 0 Å². The van der Waals surface area contributed by atoms with E-state index < -0.39 is 0 Å². The van der Waals surface area contributed by atoms with Gasteiger partial charge < -0.3 is 9.32 Å². The van der Waals surface area contributed by atoms with Crippen LogP contribution in [0.4, 0.5) is 0 Å². The first-order chi connectivity index (χ1) is 9.06. The summed E-state index contributed by atoms with van der Waals surface area (Å²) in [4.78, 5) is 17.8. The second-order valence-electron chi connectivity index (χ2n) is 4.97. The van der Waals surface area contributed by atoms with Gasteiger partial charge in [-0.1, -0.05) is 26.0 Å². The Hall–Kier alpha value is -2.10. The molecule has 4 nitrogen and oxygen atoms in total. The number of para-hydroxylation sites is 2. The van der Waals surface area contributed by atoms with Gasteiger partial charge in [-0.2, -0.15) is 0 Å². The van der Waals surface area contributed by atoms with Gasteiger partial charge in [0, 0.05) is 25.7 Å². The van der Waals surface area contributed by atoms with E-state index >= 15 is 0 Å². The molecule has 0 N–H and O–H groups in total. The Kier molecular flexibility index (Phi) is 4.00. The lowest BCUT2D eigenvalue weighted by atomic mass is 10.2. The Bertz CT molecular complexity index is 566. The molecule has 0 atom stereocenters. The van der Waals surface area contributed by atoms with Gasteiger partial charge >= 0.3 is 0 Å². The van der Waals surface area contributed by atoms with Crippen LogP contribution in [0.1, 0.15) is 19.7 Å². The van der Waals surface area contributed by atoms with Crippen molar-refractivity contribution in [3.05, 3.63) is 36.2 Å². The van der Waals surface area contributed by atoms with Crippen LogP contribution in [0, 0.1) is 5.92 Å². The first-order valence-corrected chi connectivity index (χ1v) is 6.35. The number of amides is 1. The summed E-state index contributed by atoms with van der Waals surface area (Å²) in [6.07, 6.45) is 3.10. The topological polar surface area (TPSA) is 46.3 Å². The summed E-state index contributed by atoms with van der Waals surface area (Å²) in [6, 6.07) is 7.53. The first-order valence-electron chi connectivity index (χ1n) is 6.35. The molecular formula is C15H18N2O2. The molecule has 0 aliphatic carbocycles. The van der Waals surface area contributed by atoms with E-state index in [-0.39, 0.29) is 5.91 Å². The summed E-state index contributed by atoms with van der Waals surface area (Å²) in [5.74, 6) is 0.857. The van der Waals surface area contributed by atoms with Crippen LogP contribution < -0.4 is 0 Å². The third-order valence-electron chi connectivity index (χ3n) is 2.69. The molecule has 2 aromatic rings. The zero-order valence-corrected chi connectivity index (χ0v) is 11.5. The molecule has 19 heavy (non-hydrogen) atoms. The lowest BCUT2D eigenvalue weighted by Gasteiger charge is -2.17. The average Bonchev–Trinajstić information content (AvgIpc) is 2.77. The number of nitrogens with zero attached hydrogens (tertiary/aromatic N) is 2. The molecule has 0 aliphatic heterocycles. The molecule has 0 unspecified atom stereocenters. The predicted molar refractivity (Wildman–Crippen MR) is 75.5 cm³/mol. The zero-order valence-electron chi connectivity index (χ0n) is 11.5.